The number of hydrogen-bond donors (Lipinski definition) is 0. The third kappa shape index (κ3) is 3.06. The zero-order valence-corrected chi connectivity index (χ0v) is 10.2. The molecule has 1 fully saturated rings. The van der Waals surface area contributed by atoms with Gasteiger partial charge in [-0.25, -0.2) is 4.79 Å². The molecule has 18 heavy (non-hydrogen) atoms. The lowest BCUT2D eigenvalue weighted by Crippen LogP contribution is -2.25. The topological polar surface area (TPSA) is 43.4 Å². The van der Waals surface area contributed by atoms with E-state index in [-0.39, 0.29) is 17.9 Å². The van der Waals surface area contributed by atoms with Crippen molar-refractivity contribution in [3.8, 4) is 0 Å². The monoisotopic (exact) mass is 244 g/mol. The molecule has 0 aliphatic heterocycles. The summed E-state index contributed by atoms with van der Waals surface area (Å²) in [7, 11) is 0. The van der Waals surface area contributed by atoms with Gasteiger partial charge in [-0.15, -0.1) is 0 Å². The zero-order valence-electron chi connectivity index (χ0n) is 10.2. The van der Waals surface area contributed by atoms with Gasteiger partial charge in [0.15, 0.2) is 0 Å². The van der Waals surface area contributed by atoms with E-state index in [2.05, 4.69) is 6.58 Å². The van der Waals surface area contributed by atoms with Crippen LogP contribution in [0.4, 0.5) is 0 Å². The van der Waals surface area contributed by atoms with Crippen LogP contribution in [0.25, 0.3) is 6.08 Å². The van der Waals surface area contributed by atoms with Gasteiger partial charge in [0.05, 0.1) is 5.56 Å². The standard InChI is InChI=1S/C15H16O3/c1-2-11-6-8-12(9-7-11)15(17)18-14-5-3-4-13(16)10-14/h2,6-9,14H,1,3-5,10H2. The lowest BCUT2D eigenvalue weighted by molar-refractivity contribution is -0.123. The Kier molecular flexibility index (Phi) is 3.92. The van der Waals surface area contributed by atoms with Crippen molar-refractivity contribution in [2.45, 2.75) is 31.8 Å². The maximum atomic E-state index is 11.9. The van der Waals surface area contributed by atoms with Gasteiger partial charge in [-0.1, -0.05) is 24.8 Å². The Morgan fingerprint density at radius 2 is 2.06 bits per heavy atom. The van der Waals surface area contributed by atoms with Gasteiger partial charge in [-0.3, -0.25) is 4.79 Å². The lowest BCUT2D eigenvalue weighted by atomic mass is 9.96. The van der Waals surface area contributed by atoms with Gasteiger partial charge in [-0.05, 0) is 30.5 Å². The molecule has 1 saturated carbocycles. The van der Waals surface area contributed by atoms with Gasteiger partial charge in [0.1, 0.15) is 11.9 Å². The van der Waals surface area contributed by atoms with Crippen LogP contribution >= 0.6 is 0 Å². The van der Waals surface area contributed by atoms with Crippen LogP contribution in [0.15, 0.2) is 30.8 Å². The van der Waals surface area contributed by atoms with Gasteiger partial charge in [0.2, 0.25) is 0 Å². The molecule has 0 N–H and O–H groups in total. The minimum Gasteiger partial charge on any atom is -0.458 e. The van der Waals surface area contributed by atoms with Gasteiger partial charge in [-0.2, -0.15) is 0 Å². The van der Waals surface area contributed by atoms with E-state index in [1.807, 2.05) is 12.1 Å². The van der Waals surface area contributed by atoms with E-state index >= 15 is 0 Å². The third-order valence-corrected chi connectivity index (χ3v) is 3.09. The Balaban J connectivity index is 1.98. The number of hydrogen-bond acceptors (Lipinski definition) is 3. The maximum absolute atomic E-state index is 11.9. The van der Waals surface area contributed by atoms with Crippen molar-refractivity contribution in [2.75, 3.05) is 0 Å². The molecule has 3 heteroatoms. The van der Waals surface area contributed by atoms with Crippen molar-refractivity contribution < 1.29 is 14.3 Å². The number of carbonyl (C=O) groups excluding carboxylic acids is 2. The smallest absolute Gasteiger partial charge is 0.338 e. The molecule has 2 rings (SSSR count). The maximum Gasteiger partial charge on any atom is 0.338 e. The number of ether oxygens (including phenoxy) is 1. The quantitative estimate of drug-likeness (QED) is 0.768. The van der Waals surface area contributed by atoms with E-state index in [4.69, 9.17) is 4.74 Å². The Morgan fingerprint density at radius 1 is 1.33 bits per heavy atom. The molecule has 0 spiro atoms. The molecule has 0 radical (unpaired) electrons. The fourth-order valence-corrected chi connectivity index (χ4v) is 2.06. The summed E-state index contributed by atoms with van der Waals surface area (Å²) in [6.07, 6.45) is 4.03. The molecule has 0 aromatic heterocycles. The molecule has 0 heterocycles. The number of rotatable bonds is 3. The molecule has 1 aliphatic rings. The van der Waals surface area contributed by atoms with Crippen molar-refractivity contribution in [1.82, 2.24) is 0 Å². The van der Waals surface area contributed by atoms with E-state index < -0.39 is 0 Å². The molecule has 3 nitrogen and oxygen atoms in total. The van der Waals surface area contributed by atoms with Gasteiger partial charge in [0.25, 0.3) is 0 Å². The summed E-state index contributed by atoms with van der Waals surface area (Å²) in [5.74, 6) is -0.175. The lowest BCUT2D eigenvalue weighted by Gasteiger charge is -2.21. The second-order valence-corrected chi connectivity index (χ2v) is 4.49. The van der Waals surface area contributed by atoms with E-state index in [0.29, 0.717) is 18.4 Å². The number of ketones is 1. The van der Waals surface area contributed by atoms with Crippen LogP contribution in [-0.2, 0) is 9.53 Å². The van der Waals surface area contributed by atoms with Crippen molar-refractivity contribution in [2.24, 2.45) is 0 Å². The molecule has 1 aromatic carbocycles. The molecule has 1 unspecified atom stereocenters. The van der Waals surface area contributed by atoms with Crippen LogP contribution in [0.1, 0.15) is 41.6 Å². The second kappa shape index (κ2) is 5.63. The van der Waals surface area contributed by atoms with Crippen LogP contribution in [0.2, 0.25) is 0 Å². The molecule has 0 saturated heterocycles. The Hall–Kier alpha value is -1.90. The highest BCUT2D eigenvalue weighted by Gasteiger charge is 2.23. The highest BCUT2D eigenvalue weighted by Crippen LogP contribution is 2.19. The first kappa shape index (κ1) is 12.6. The molecule has 1 aliphatic carbocycles. The van der Waals surface area contributed by atoms with Crippen molar-refractivity contribution >= 4 is 17.8 Å². The normalized spacial score (nSPS) is 19.3. The Morgan fingerprint density at radius 3 is 2.67 bits per heavy atom. The third-order valence-electron chi connectivity index (χ3n) is 3.09. The molecule has 94 valence electrons. The predicted octanol–water partition coefficient (Wildman–Crippen LogP) is 3.00. The van der Waals surface area contributed by atoms with E-state index in [9.17, 15) is 9.59 Å². The number of carbonyl (C=O) groups is 2. The SMILES string of the molecule is C=Cc1ccc(C(=O)OC2CCCC(=O)C2)cc1. The van der Waals surface area contributed by atoms with E-state index in [0.717, 1.165) is 18.4 Å². The van der Waals surface area contributed by atoms with Gasteiger partial charge >= 0.3 is 5.97 Å². The molecule has 1 atom stereocenters. The number of benzene rings is 1. The average molecular weight is 244 g/mol. The van der Waals surface area contributed by atoms with Crippen molar-refractivity contribution in [1.29, 1.82) is 0 Å². The van der Waals surface area contributed by atoms with Crippen LogP contribution < -0.4 is 0 Å². The minimum absolute atomic E-state index is 0.182. The largest absolute Gasteiger partial charge is 0.458 e. The Labute approximate surface area is 106 Å². The predicted molar refractivity (Wildman–Crippen MR) is 69.2 cm³/mol. The highest BCUT2D eigenvalue weighted by atomic mass is 16.5. The van der Waals surface area contributed by atoms with E-state index in [1.165, 1.54) is 0 Å². The number of esters is 1. The molecular formula is C15H16O3. The first-order chi connectivity index (χ1) is 8.69. The zero-order chi connectivity index (χ0) is 13.0. The summed E-state index contributed by atoms with van der Waals surface area (Å²) in [4.78, 5) is 23.1. The fraction of sp³-hybridized carbons (Fsp3) is 0.333. The minimum atomic E-state index is -0.356. The summed E-state index contributed by atoms with van der Waals surface area (Å²) < 4.78 is 5.34. The summed E-state index contributed by atoms with van der Waals surface area (Å²) in [6, 6.07) is 7.05. The average Bonchev–Trinajstić information content (AvgIpc) is 2.39. The molecule has 1 aromatic rings. The van der Waals surface area contributed by atoms with E-state index in [1.54, 1.807) is 18.2 Å². The fourth-order valence-electron chi connectivity index (χ4n) is 2.06. The summed E-state index contributed by atoms with van der Waals surface area (Å²) in [5.41, 5.74) is 1.47. The van der Waals surface area contributed by atoms with Crippen LogP contribution in [-0.4, -0.2) is 17.9 Å². The number of Topliss-reactive ketones (excluding diaryl/α,β-unsaturated/α-hetero) is 1. The summed E-state index contributed by atoms with van der Waals surface area (Å²) in [6.45, 7) is 3.65. The summed E-state index contributed by atoms with van der Waals surface area (Å²) >= 11 is 0. The molecular weight excluding hydrogens is 228 g/mol. The van der Waals surface area contributed by atoms with Crippen molar-refractivity contribution in [3.05, 3.63) is 42.0 Å². The van der Waals surface area contributed by atoms with Crippen LogP contribution in [0.3, 0.4) is 0 Å². The van der Waals surface area contributed by atoms with Gasteiger partial charge < -0.3 is 4.74 Å². The summed E-state index contributed by atoms with van der Waals surface area (Å²) in [5, 5.41) is 0. The van der Waals surface area contributed by atoms with Crippen molar-refractivity contribution in [3.63, 3.8) is 0 Å². The van der Waals surface area contributed by atoms with Crippen LogP contribution in [0.5, 0.6) is 0 Å². The second-order valence-electron chi connectivity index (χ2n) is 4.49. The van der Waals surface area contributed by atoms with Gasteiger partial charge in [0, 0.05) is 12.8 Å². The Bertz CT molecular complexity index is 459. The molecule has 0 amide bonds. The highest BCUT2D eigenvalue weighted by molar-refractivity contribution is 5.90. The molecule has 0 bridgehead atoms. The first-order valence-electron chi connectivity index (χ1n) is 6.14. The first-order valence-corrected chi connectivity index (χ1v) is 6.14. The van der Waals surface area contributed by atoms with Crippen LogP contribution in [0, 0.1) is 0 Å².